The molecule has 108 valence electrons. The summed E-state index contributed by atoms with van der Waals surface area (Å²) in [5.74, 6) is -1.37. The summed E-state index contributed by atoms with van der Waals surface area (Å²) in [6.45, 7) is 0. The quantitative estimate of drug-likeness (QED) is 0.569. The Labute approximate surface area is 151 Å². The lowest BCUT2D eigenvalue weighted by Crippen LogP contribution is -2.13. The van der Waals surface area contributed by atoms with E-state index in [1.165, 1.54) is 6.07 Å². The van der Waals surface area contributed by atoms with Gasteiger partial charge in [0.25, 0.3) is 5.91 Å². The molecule has 0 saturated heterocycles. The van der Waals surface area contributed by atoms with Crippen LogP contribution in [-0.2, 0) is 0 Å². The summed E-state index contributed by atoms with van der Waals surface area (Å²) in [6, 6.07) is 10.0. The summed E-state index contributed by atoms with van der Waals surface area (Å²) in [7, 11) is 0. The number of carboxylic acids is 1. The minimum Gasteiger partial charge on any atom is -0.478 e. The van der Waals surface area contributed by atoms with Crippen LogP contribution in [0.15, 0.2) is 45.3 Å². The molecule has 0 radical (unpaired) electrons. The minimum absolute atomic E-state index is 0.0921. The molecule has 0 saturated carbocycles. The van der Waals surface area contributed by atoms with Gasteiger partial charge in [0.1, 0.15) is 0 Å². The van der Waals surface area contributed by atoms with Crippen LogP contribution in [-0.4, -0.2) is 17.0 Å². The van der Waals surface area contributed by atoms with Crippen LogP contribution >= 0.6 is 54.5 Å². The summed E-state index contributed by atoms with van der Waals surface area (Å²) >= 11 is 8.61. The van der Waals surface area contributed by atoms with Gasteiger partial charge in [0.15, 0.2) is 0 Å². The highest BCUT2D eigenvalue weighted by molar-refractivity contribution is 14.1. The van der Waals surface area contributed by atoms with E-state index in [1.807, 2.05) is 6.07 Å². The SMILES string of the molecule is O=C(O)c1cc(NC(=O)c2cc(I)ccc2Br)ccc1Br. The molecule has 4 nitrogen and oxygen atoms in total. The van der Waals surface area contributed by atoms with Crippen molar-refractivity contribution < 1.29 is 14.7 Å². The zero-order chi connectivity index (χ0) is 15.6. The van der Waals surface area contributed by atoms with Crippen molar-refractivity contribution in [1.29, 1.82) is 0 Å². The number of benzene rings is 2. The number of carbonyl (C=O) groups excluding carboxylic acids is 1. The van der Waals surface area contributed by atoms with Crippen LogP contribution in [0.2, 0.25) is 0 Å². The lowest BCUT2D eigenvalue weighted by molar-refractivity contribution is 0.0695. The van der Waals surface area contributed by atoms with E-state index in [-0.39, 0.29) is 11.5 Å². The fraction of sp³-hybridized carbons (Fsp3) is 0. The van der Waals surface area contributed by atoms with Crippen LogP contribution in [0, 0.1) is 3.57 Å². The summed E-state index contributed by atoms with van der Waals surface area (Å²) < 4.78 is 2.07. The molecule has 0 fully saturated rings. The van der Waals surface area contributed by atoms with Crippen molar-refractivity contribution in [3.8, 4) is 0 Å². The van der Waals surface area contributed by atoms with Gasteiger partial charge in [-0.2, -0.15) is 0 Å². The first-order chi connectivity index (χ1) is 9.88. The zero-order valence-electron chi connectivity index (χ0n) is 10.4. The van der Waals surface area contributed by atoms with Crippen LogP contribution in [0.1, 0.15) is 20.7 Å². The third-order valence-electron chi connectivity index (χ3n) is 2.63. The van der Waals surface area contributed by atoms with Crippen molar-refractivity contribution in [3.05, 3.63) is 60.0 Å². The van der Waals surface area contributed by atoms with Crippen LogP contribution in [0.4, 0.5) is 5.69 Å². The summed E-state index contributed by atoms with van der Waals surface area (Å²) in [5, 5.41) is 11.8. The third-order valence-corrected chi connectivity index (χ3v) is 4.68. The number of aromatic carboxylic acids is 1. The molecule has 2 aromatic rings. The number of hydrogen-bond acceptors (Lipinski definition) is 2. The number of carboxylic acid groups (broad SMARTS) is 1. The molecule has 7 heteroatoms. The Bertz CT molecular complexity index is 734. The number of rotatable bonds is 3. The second-order valence-corrected chi connectivity index (χ2v) is 7.03. The van der Waals surface area contributed by atoms with Gasteiger partial charge in [-0.05, 0) is 90.8 Å². The van der Waals surface area contributed by atoms with E-state index in [9.17, 15) is 9.59 Å². The molecule has 0 aromatic heterocycles. The zero-order valence-corrected chi connectivity index (χ0v) is 15.7. The fourth-order valence-electron chi connectivity index (χ4n) is 1.64. The van der Waals surface area contributed by atoms with Gasteiger partial charge in [-0.25, -0.2) is 4.79 Å². The van der Waals surface area contributed by atoms with Crippen molar-refractivity contribution in [2.75, 3.05) is 5.32 Å². The monoisotopic (exact) mass is 523 g/mol. The van der Waals surface area contributed by atoms with Crippen molar-refractivity contribution in [3.63, 3.8) is 0 Å². The Hall–Kier alpha value is -0.930. The average molecular weight is 525 g/mol. The molecule has 0 unspecified atom stereocenters. The van der Waals surface area contributed by atoms with Gasteiger partial charge in [-0.3, -0.25) is 4.79 Å². The van der Waals surface area contributed by atoms with Crippen molar-refractivity contribution in [1.82, 2.24) is 0 Å². The van der Waals surface area contributed by atoms with Crippen molar-refractivity contribution in [2.24, 2.45) is 0 Å². The molecule has 0 aliphatic heterocycles. The Morgan fingerprint density at radius 3 is 2.29 bits per heavy atom. The molecule has 21 heavy (non-hydrogen) atoms. The lowest BCUT2D eigenvalue weighted by Gasteiger charge is -2.09. The summed E-state index contributed by atoms with van der Waals surface area (Å²) in [6.07, 6.45) is 0. The first-order valence-electron chi connectivity index (χ1n) is 5.67. The smallest absolute Gasteiger partial charge is 0.336 e. The second kappa shape index (κ2) is 6.89. The Morgan fingerprint density at radius 1 is 1.00 bits per heavy atom. The van der Waals surface area contributed by atoms with E-state index in [2.05, 4.69) is 59.8 Å². The molecular formula is C14H8Br2INO3. The van der Waals surface area contributed by atoms with Crippen LogP contribution in [0.25, 0.3) is 0 Å². The third kappa shape index (κ3) is 4.04. The predicted octanol–water partition coefficient (Wildman–Crippen LogP) is 4.77. The largest absolute Gasteiger partial charge is 0.478 e. The highest BCUT2D eigenvalue weighted by Crippen LogP contribution is 2.24. The van der Waals surface area contributed by atoms with Gasteiger partial charge >= 0.3 is 5.97 Å². The minimum atomic E-state index is -1.06. The van der Waals surface area contributed by atoms with Gasteiger partial charge in [-0.15, -0.1) is 0 Å². The topological polar surface area (TPSA) is 66.4 Å². The first kappa shape index (κ1) is 16.4. The van der Waals surface area contributed by atoms with Gasteiger partial charge in [-0.1, -0.05) is 0 Å². The predicted molar refractivity (Wildman–Crippen MR) is 95.9 cm³/mol. The Kier molecular flexibility index (Phi) is 5.39. The van der Waals surface area contributed by atoms with Gasteiger partial charge < -0.3 is 10.4 Å². The average Bonchev–Trinajstić information content (AvgIpc) is 2.43. The number of halogens is 3. The maximum Gasteiger partial charge on any atom is 0.336 e. The molecule has 2 aromatic carbocycles. The Balaban J connectivity index is 2.29. The highest BCUT2D eigenvalue weighted by Gasteiger charge is 2.13. The number of hydrogen-bond donors (Lipinski definition) is 2. The molecule has 2 rings (SSSR count). The summed E-state index contributed by atoms with van der Waals surface area (Å²) in [5.41, 5.74) is 1.00. The molecule has 0 spiro atoms. The maximum atomic E-state index is 12.2. The number of amides is 1. The molecular weight excluding hydrogens is 517 g/mol. The molecule has 2 N–H and O–H groups in total. The number of nitrogens with one attached hydrogen (secondary N) is 1. The van der Waals surface area contributed by atoms with Gasteiger partial charge in [0.05, 0.1) is 11.1 Å². The maximum absolute atomic E-state index is 12.2. The number of anilines is 1. The van der Waals surface area contributed by atoms with Crippen LogP contribution < -0.4 is 5.32 Å². The normalized spacial score (nSPS) is 10.2. The van der Waals surface area contributed by atoms with Crippen molar-refractivity contribution >= 4 is 72.0 Å². The van der Waals surface area contributed by atoms with E-state index in [0.717, 1.165) is 3.57 Å². The molecule has 0 heterocycles. The number of carbonyl (C=O) groups is 2. The summed E-state index contributed by atoms with van der Waals surface area (Å²) in [4.78, 5) is 23.3. The van der Waals surface area contributed by atoms with Gasteiger partial charge in [0.2, 0.25) is 0 Å². The lowest BCUT2D eigenvalue weighted by atomic mass is 10.1. The van der Waals surface area contributed by atoms with Crippen LogP contribution in [0.5, 0.6) is 0 Å². The fourth-order valence-corrected chi connectivity index (χ4v) is 2.97. The van der Waals surface area contributed by atoms with Gasteiger partial charge in [0, 0.05) is 18.2 Å². The molecule has 0 atom stereocenters. The van der Waals surface area contributed by atoms with Crippen LogP contribution in [0.3, 0.4) is 0 Å². The van der Waals surface area contributed by atoms with E-state index in [0.29, 0.717) is 20.2 Å². The molecule has 0 bridgehead atoms. The van der Waals surface area contributed by atoms with E-state index in [4.69, 9.17) is 5.11 Å². The molecule has 1 amide bonds. The first-order valence-corrected chi connectivity index (χ1v) is 8.34. The molecule has 0 aliphatic carbocycles. The van der Waals surface area contributed by atoms with Crippen molar-refractivity contribution in [2.45, 2.75) is 0 Å². The van der Waals surface area contributed by atoms with E-state index >= 15 is 0 Å². The standard InChI is InChI=1S/C14H8Br2INO3/c15-11-3-1-7(17)5-9(11)13(19)18-8-2-4-12(16)10(6-8)14(20)21/h1-6H,(H,18,19)(H,20,21). The Morgan fingerprint density at radius 2 is 1.62 bits per heavy atom. The van der Waals surface area contributed by atoms with E-state index < -0.39 is 5.97 Å². The highest BCUT2D eigenvalue weighted by atomic mass is 127. The second-order valence-electron chi connectivity index (χ2n) is 4.08. The van der Waals surface area contributed by atoms with E-state index in [1.54, 1.807) is 24.3 Å². The molecule has 0 aliphatic rings.